The molecule has 0 spiro atoms. The second-order valence-corrected chi connectivity index (χ2v) is 4.08. The first kappa shape index (κ1) is 10.9. The van der Waals surface area contributed by atoms with E-state index in [1.165, 1.54) is 0 Å². The number of aryl methyl sites for hydroxylation is 1. The van der Waals surface area contributed by atoms with Crippen LogP contribution in [0.1, 0.15) is 5.69 Å². The van der Waals surface area contributed by atoms with Gasteiger partial charge in [-0.1, -0.05) is 42.4 Å². The van der Waals surface area contributed by atoms with E-state index in [2.05, 4.69) is 22.1 Å². The zero-order chi connectivity index (χ0) is 11.5. The average Bonchev–Trinajstić information content (AvgIpc) is 2.28. The van der Waals surface area contributed by atoms with E-state index in [4.69, 9.17) is 11.6 Å². The minimum absolute atomic E-state index is 0.489. The van der Waals surface area contributed by atoms with Crippen LogP contribution in [0.25, 0.3) is 10.8 Å². The van der Waals surface area contributed by atoms with Crippen molar-refractivity contribution in [1.82, 2.24) is 10.2 Å². The summed E-state index contributed by atoms with van der Waals surface area (Å²) in [4.78, 5) is 0. The minimum atomic E-state index is 0.489. The van der Waals surface area contributed by atoms with Crippen molar-refractivity contribution in [2.75, 3.05) is 11.9 Å². The molecule has 0 atom stereocenters. The quantitative estimate of drug-likeness (QED) is 0.885. The highest BCUT2D eigenvalue weighted by Gasteiger charge is 2.05. The lowest BCUT2D eigenvalue weighted by molar-refractivity contribution is 0.996. The fourth-order valence-corrected chi connectivity index (χ4v) is 1.61. The Kier molecular flexibility index (Phi) is 3.06. The molecule has 82 valence electrons. The molecule has 4 heteroatoms. The van der Waals surface area contributed by atoms with Gasteiger partial charge in [0.05, 0.1) is 12.2 Å². The van der Waals surface area contributed by atoms with Gasteiger partial charge in [0.1, 0.15) is 0 Å². The summed E-state index contributed by atoms with van der Waals surface area (Å²) in [5.41, 5.74) is 0.922. The molecule has 2 rings (SSSR count). The fraction of sp³-hybridized carbons (Fsp3) is 0.167. The molecule has 0 radical (unpaired) electrons. The summed E-state index contributed by atoms with van der Waals surface area (Å²) in [5.74, 6) is 0.739. The smallest absolute Gasteiger partial charge is 0.156 e. The van der Waals surface area contributed by atoms with Gasteiger partial charge in [-0.15, -0.1) is 5.10 Å². The van der Waals surface area contributed by atoms with Crippen LogP contribution >= 0.6 is 11.6 Å². The predicted molar refractivity (Wildman–Crippen MR) is 67.8 cm³/mol. The molecular weight excluding hydrogens is 222 g/mol. The molecule has 1 aromatic heterocycles. The zero-order valence-electron chi connectivity index (χ0n) is 9.00. The number of benzene rings is 1. The lowest BCUT2D eigenvalue weighted by atomic mass is 10.1. The van der Waals surface area contributed by atoms with Gasteiger partial charge in [-0.05, 0) is 6.92 Å². The molecule has 16 heavy (non-hydrogen) atoms. The third-order valence-corrected chi connectivity index (χ3v) is 2.45. The molecule has 2 aromatic rings. The van der Waals surface area contributed by atoms with Crippen LogP contribution in [0.4, 0.5) is 5.82 Å². The number of aromatic nitrogens is 2. The number of fused-ring (bicyclic) bond motifs is 1. The molecule has 0 aliphatic heterocycles. The number of hydrogen-bond acceptors (Lipinski definition) is 3. The summed E-state index contributed by atoms with van der Waals surface area (Å²) in [7, 11) is 0. The Morgan fingerprint density at radius 3 is 2.69 bits per heavy atom. The molecule has 0 saturated heterocycles. The van der Waals surface area contributed by atoms with Gasteiger partial charge in [-0.2, -0.15) is 5.10 Å². The summed E-state index contributed by atoms with van der Waals surface area (Å²) in [6.45, 7) is 6.06. The van der Waals surface area contributed by atoms with Crippen LogP contribution in [0.15, 0.2) is 35.9 Å². The lowest BCUT2D eigenvalue weighted by Crippen LogP contribution is -2.05. The van der Waals surface area contributed by atoms with Gasteiger partial charge in [0.2, 0.25) is 0 Å². The first-order valence-electron chi connectivity index (χ1n) is 4.97. The van der Waals surface area contributed by atoms with E-state index in [0.29, 0.717) is 11.6 Å². The van der Waals surface area contributed by atoms with Gasteiger partial charge >= 0.3 is 0 Å². The van der Waals surface area contributed by atoms with Crippen molar-refractivity contribution in [3.63, 3.8) is 0 Å². The van der Waals surface area contributed by atoms with E-state index in [9.17, 15) is 0 Å². The van der Waals surface area contributed by atoms with Crippen molar-refractivity contribution in [3.05, 3.63) is 41.6 Å². The first-order chi connectivity index (χ1) is 7.68. The summed E-state index contributed by atoms with van der Waals surface area (Å²) in [6.07, 6.45) is 0. The summed E-state index contributed by atoms with van der Waals surface area (Å²) >= 11 is 5.70. The fourth-order valence-electron chi connectivity index (χ4n) is 1.55. The monoisotopic (exact) mass is 233 g/mol. The van der Waals surface area contributed by atoms with Crippen LogP contribution in [0, 0.1) is 6.92 Å². The van der Waals surface area contributed by atoms with E-state index >= 15 is 0 Å². The highest BCUT2D eigenvalue weighted by Crippen LogP contribution is 2.22. The van der Waals surface area contributed by atoms with E-state index < -0.39 is 0 Å². The number of hydrogen-bond donors (Lipinski definition) is 1. The number of rotatable bonds is 3. The van der Waals surface area contributed by atoms with Crippen LogP contribution in [-0.4, -0.2) is 16.7 Å². The van der Waals surface area contributed by atoms with E-state index in [-0.39, 0.29) is 0 Å². The summed E-state index contributed by atoms with van der Waals surface area (Å²) in [6, 6.07) is 8.00. The van der Waals surface area contributed by atoms with Gasteiger partial charge in [-0.25, -0.2) is 0 Å². The maximum absolute atomic E-state index is 5.70. The molecule has 0 saturated carbocycles. The maximum atomic E-state index is 5.70. The largest absolute Gasteiger partial charge is 0.363 e. The highest BCUT2D eigenvalue weighted by molar-refractivity contribution is 6.29. The Balaban J connectivity index is 2.46. The van der Waals surface area contributed by atoms with Crippen molar-refractivity contribution in [1.29, 1.82) is 0 Å². The van der Waals surface area contributed by atoms with Crippen LogP contribution in [-0.2, 0) is 0 Å². The van der Waals surface area contributed by atoms with Crippen LogP contribution in [0.5, 0.6) is 0 Å². The first-order valence-corrected chi connectivity index (χ1v) is 5.35. The Morgan fingerprint density at radius 1 is 1.31 bits per heavy atom. The van der Waals surface area contributed by atoms with Crippen molar-refractivity contribution < 1.29 is 0 Å². The Morgan fingerprint density at radius 2 is 2.00 bits per heavy atom. The van der Waals surface area contributed by atoms with Crippen molar-refractivity contribution in [3.8, 4) is 0 Å². The number of anilines is 1. The van der Waals surface area contributed by atoms with E-state index in [1.807, 2.05) is 31.2 Å². The van der Waals surface area contributed by atoms with Gasteiger partial charge in [0, 0.05) is 15.8 Å². The molecule has 3 nitrogen and oxygen atoms in total. The van der Waals surface area contributed by atoms with E-state index in [1.54, 1.807) is 0 Å². The lowest BCUT2D eigenvalue weighted by Gasteiger charge is -2.08. The van der Waals surface area contributed by atoms with Crippen molar-refractivity contribution >= 4 is 28.2 Å². The third-order valence-electron chi connectivity index (χ3n) is 2.32. The number of nitrogens with zero attached hydrogens (tertiary/aromatic N) is 2. The molecule has 0 unspecified atom stereocenters. The second-order valence-electron chi connectivity index (χ2n) is 3.55. The molecule has 0 amide bonds. The van der Waals surface area contributed by atoms with Crippen LogP contribution < -0.4 is 5.32 Å². The Labute approximate surface area is 99.1 Å². The maximum Gasteiger partial charge on any atom is 0.156 e. The Bertz CT molecular complexity index is 537. The minimum Gasteiger partial charge on any atom is -0.363 e. The number of nitrogens with one attached hydrogen (secondary N) is 1. The molecule has 1 heterocycles. The molecule has 0 aliphatic carbocycles. The van der Waals surface area contributed by atoms with Gasteiger partial charge in [0.15, 0.2) is 5.82 Å². The van der Waals surface area contributed by atoms with Gasteiger partial charge in [-0.3, -0.25) is 0 Å². The second kappa shape index (κ2) is 4.49. The third kappa shape index (κ3) is 2.14. The molecule has 0 fully saturated rings. The molecule has 0 aliphatic rings. The standard InChI is InChI=1S/C12H12ClN3/c1-8(13)7-14-12-11-6-4-3-5-10(11)9(2)15-16-12/h3-6H,1,7H2,2H3,(H,14,16). The van der Waals surface area contributed by atoms with Crippen LogP contribution in [0.3, 0.4) is 0 Å². The molecule has 1 aromatic carbocycles. The van der Waals surface area contributed by atoms with Crippen molar-refractivity contribution in [2.24, 2.45) is 0 Å². The molecule has 0 bridgehead atoms. The normalized spacial score (nSPS) is 10.4. The zero-order valence-corrected chi connectivity index (χ0v) is 9.75. The average molecular weight is 234 g/mol. The molecule has 1 N–H and O–H groups in total. The van der Waals surface area contributed by atoms with Gasteiger partial charge < -0.3 is 5.32 Å². The SMILES string of the molecule is C=C(Cl)CNc1nnc(C)c2ccccc12. The number of halogens is 1. The highest BCUT2D eigenvalue weighted by atomic mass is 35.5. The summed E-state index contributed by atoms with van der Waals surface area (Å²) < 4.78 is 0. The van der Waals surface area contributed by atoms with E-state index in [0.717, 1.165) is 22.3 Å². The topological polar surface area (TPSA) is 37.8 Å². The van der Waals surface area contributed by atoms with Gasteiger partial charge in [0.25, 0.3) is 0 Å². The predicted octanol–water partition coefficient (Wildman–Crippen LogP) is 3.10. The Hall–Kier alpha value is -1.61. The van der Waals surface area contributed by atoms with Crippen molar-refractivity contribution in [2.45, 2.75) is 6.92 Å². The van der Waals surface area contributed by atoms with Crippen LogP contribution in [0.2, 0.25) is 0 Å². The molecular formula is C12H12ClN3. The summed E-state index contributed by atoms with van der Waals surface area (Å²) in [5, 5.41) is 14.0.